The van der Waals surface area contributed by atoms with Crippen molar-refractivity contribution in [1.82, 2.24) is 15.0 Å². The van der Waals surface area contributed by atoms with Gasteiger partial charge in [0.25, 0.3) is 0 Å². The van der Waals surface area contributed by atoms with Crippen LogP contribution in [0.25, 0.3) is 0 Å². The molecular weight excluding hydrogens is 228 g/mol. The Hall–Kier alpha value is -2.01. The summed E-state index contributed by atoms with van der Waals surface area (Å²) in [5.74, 6) is 1.40. The Morgan fingerprint density at radius 2 is 2.00 bits per heavy atom. The van der Waals surface area contributed by atoms with Crippen molar-refractivity contribution in [3.63, 3.8) is 0 Å². The molecule has 0 bridgehead atoms. The topological polar surface area (TPSA) is 73.9 Å². The van der Waals surface area contributed by atoms with E-state index >= 15 is 0 Å². The van der Waals surface area contributed by atoms with Gasteiger partial charge in [-0.15, -0.1) is 0 Å². The Kier molecular flexibility index (Phi) is 4.20. The van der Waals surface area contributed by atoms with E-state index in [4.69, 9.17) is 10.5 Å². The van der Waals surface area contributed by atoms with Crippen molar-refractivity contribution >= 4 is 0 Å². The molecule has 0 amide bonds. The van der Waals surface area contributed by atoms with Crippen LogP contribution in [-0.4, -0.2) is 21.5 Å². The Morgan fingerprint density at radius 1 is 1.22 bits per heavy atom. The van der Waals surface area contributed by atoms with Gasteiger partial charge in [-0.25, -0.2) is 9.97 Å². The summed E-state index contributed by atoms with van der Waals surface area (Å²) >= 11 is 0. The van der Waals surface area contributed by atoms with Crippen molar-refractivity contribution in [1.29, 1.82) is 0 Å². The van der Waals surface area contributed by atoms with Gasteiger partial charge in [0.2, 0.25) is 0 Å². The standard InChI is InChI=1S/C13H16N4O/c1-10-3-4-12(11(17-10)5-6-14)18-9-13-15-7-2-8-16-13/h2-4,7-8H,5-6,9,14H2,1H3. The third-order valence-electron chi connectivity index (χ3n) is 2.43. The van der Waals surface area contributed by atoms with Gasteiger partial charge in [-0.3, -0.25) is 4.98 Å². The first-order valence-electron chi connectivity index (χ1n) is 5.85. The minimum Gasteiger partial charge on any atom is -0.484 e. The van der Waals surface area contributed by atoms with Crippen LogP contribution in [0.1, 0.15) is 17.2 Å². The zero-order chi connectivity index (χ0) is 12.8. The van der Waals surface area contributed by atoms with Crippen LogP contribution in [0, 0.1) is 6.92 Å². The maximum Gasteiger partial charge on any atom is 0.166 e. The van der Waals surface area contributed by atoms with Gasteiger partial charge in [0.05, 0.1) is 5.69 Å². The lowest BCUT2D eigenvalue weighted by Crippen LogP contribution is -2.08. The number of hydrogen-bond donors (Lipinski definition) is 1. The SMILES string of the molecule is Cc1ccc(OCc2ncccn2)c(CCN)n1. The molecule has 2 aromatic rings. The second-order valence-corrected chi connectivity index (χ2v) is 3.89. The Balaban J connectivity index is 2.09. The number of ether oxygens (including phenoxy) is 1. The van der Waals surface area contributed by atoms with Crippen molar-refractivity contribution in [3.05, 3.63) is 47.8 Å². The summed E-state index contributed by atoms with van der Waals surface area (Å²) in [6, 6.07) is 5.61. The maximum absolute atomic E-state index is 5.69. The molecule has 0 aliphatic rings. The van der Waals surface area contributed by atoms with Gasteiger partial charge < -0.3 is 10.5 Å². The maximum atomic E-state index is 5.69. The lowest BCUT2D eigenvalue weighted by molar-refractivity contribution is 0.291. The average Bonchev–Trinajstić information content (AvgIpc) is 2.39. The van der Waals surface area contributed by atoms with Gasteiger partial charge in [0.1, 0.15) is 12.4 Å². The van der Waals surface area contributed by atoms with E-state index in [0.29, 0.717) is 25.4 Å². The van der Waals surface area contributed by atoms with Crippen molar-refractivity contribution in [2.45, 2.75) is 20.0 Å². The number of aryl methyl sites for hydroxylation is 1. The number of pyridine rings is 1. The third-order valence-corrected chi connectivity index (χ3v) is 2.43. The molecule has 94 valence electrons. The van der Waals surface area contributed by atoms with Gasteiger partial charge in [0, 0.05) is 24.5 Å². The zero-order valence-electron chi connectivity index (χ0n) is 10.3. The molecule has 0 aliphatic carbocycles. The summed E-state index contributed by atoms with van der Waals surface area (Å²) in [6.45, 7) is 2.84. The average molecular weight is 244 g/mol. The Labute approximate surface area is 106 Å². The van der Waals surface area contributed by atoms with Crippen LogP contribution in [0.3, 0.4) is 0 Å². The molecule has 0 saturated heterocycles. The number of nitrogens with two attached hydrogens (primary N) is 1. The van der Waals surface area contributed by atoms with Crippen LogP contribution in [0.2, 0.25) is 0 Å². The largest absolute Gasteiger partial charge is 0.484 e. The van der Waals surface area contributed by atoms with Gasteiger partial charge in [-0.2, -0.15) is 0 Å². The lowest BCUT2D eigenvalue weighted by atomic mass is 10.2. The van der Waals surface area contributed by atoms with E-state index in [9.17, 15) is 0 Å². The van der Waals surface area contributed by atoms with Crippen LogP contribution in [-0.2, 0) is 13.0 Å². The monoisotopic (exact) mass is 244 g/mol. The molecule has 2 heterocycles. The van der Waals surface area contributed by atoms with Gasteiger partial charge >= 0.3 is 0 Å². The molecule has 2 rings (SSSR count). The quantitative estimate of drug-likeness (QED) is 0.857. The summed E-state index contributed by atoms with van der Waals surface area (Å²) in [7, 11) is 0. The molecule has 0 aromatic carbocycles. The summed E-state index contributed by atoms with van der Waals surface area (Å²) in [5.41, 5.74) is 7.41. The first-order valence-corrected chi connectivity index (χ1v) is 5.85. The fraction of sp³-hybridized carbons (Fsp3) is 0.308. The summed E-state index contributed by atoms with van der Waals surface area (Å²) in [4.78, 5) is 12.6. The fourth-order valence-electron chi connectivity index (χ4n) is 1.59. The first-order chi connectivity index (χ1) is 8.79. The summed E-state index contributed by atoms with van der Waals surface area (Å²) < 4.78 is 5.69. The summed E-state index contributed by atoms with van der Waals surface area (Å²) in [5, 5.41) is 0. The van der Waals surface area contributed by atoms with Crippen molar-refractivity contribution in [3.8, 4) is 5.75 Å². The predicted molar refractivity (Wildman–Crippen MR) is 68.1 cm³/mol. The van der Waals surface area contributed by atoms with Gasteiger partial charge in [0.15, 0.2) is 5.82 Å². The zero-order valence-corrected chi connectivity index (χ0v) is 10.3. The fourth-order valence-corrected chi connectivity index (χ4v) is 1.59. The van der Waals surface area contributed by atoms with Crippen molar-refractivity contribution in [2.75, 3.05) is 6.54 Å². The molecule has 0 unspecified atom stereocenters. The van der Waals surface area contributed by atoms with E-state index in [1.165, 1.54) is 0 Å². The van der Waals surface area contributed by atoms with Gasteiger partial charge in [-0.1, -0.05) is 0 Å². The molecule has 0 fully saturated rings. The molecule has 0 atom stereocenters. The molecule has 2 aromatic heterocycles. The number of hydrogen-bond acceptors (Lipinski definition) is 5. The number of nitrogens with zero attached hydrogens (tertiary/aromatic N) is 3. The predicted octanol–water partition coefficient (Wildman–Crippen LogP) is 1.26. The van der Waals surface area contributed by atoms with E-state index in [1.54, 1.807) is 18.5 Å². The van der Waals surface area contributed by atoms with E-state index in [-0.39, 0.29) is 0 Å². The second kappa shape index (κ2) is 6.07. The molecule has 5 heteroatoms. The molecule has 0 spiro atoms. The molecular formula is C13H16N4O. The summed E-state index contributed by atoms with van der Waals surface area (Å²) in [6.07, 6.45) is 4.09. The molecule has 2 N–H and O–H groups in total. The van der Waals surface area contributed by atoms with Crippen LogP contribution in [0.15, 0.2) is 30.6 Å². The third kappa shape index (κ3) is 3.24. The highest BCUT2D eigenvalue weighted by Crippen LogP contribution is 2.18. The smallest absolute Gasteiger partial charge is 0.166 e. The second-order valence-electron chi connectivity index (χ2n) is 3.89. The van der Waals surface area contributed by atoms with Crippen LogP contribution in [0.5, 0.6) is 5.75 Å². The Morgan fingerprint density at radius 3 is 2.72 bits per heavy atom. The molecule has 0 saturated carbocycles. The number of aromatic nitrogens is 3. The lowest BCUT2D eigenvalue weighted by Gasteiger charge is -2.10. The van der Waals surface area contributed by atoms with Crippen LogP contribution >= 0.6 is 0 Å². The Bertz CT molecular complexity index is 502. The van der Waals surface area contributed by atoms with E-state index in [1.807, 2.05) is 19.1 Å². The number of rotatable bonds is 5. The normalized spacial score (nSPS) is 10.3. The van der Waals surface area contributed by atoms with Crippen LogP contribution < -0.4 is 10.5 Å². The minimum atomic E-state index is 0.336. The highest BCUT2D eigenvalue weighted by Gasteiger charge is 2.06. The molecule has 18 heavy (non-hydrogen) atoms. The highest BCUT2D eigenvalue weighted by atomic mass is 16.5. The van der Waals surface area contributed by atoms with Crippen molar-refractivity contribution < 1.29 is 4.74 Å². The molecule has 0 radical (unpaired) electrons. The van der Waals surface area contributed by atoms with Gasteiger partial charge in [-0.05, 0) is 31.7 Å². The van der Waals surface area contributed by atoms with E-state index in [2.05, 4.69) is 15.0 Å². The molecule has 5 nitrogen and oxygen atoms in total. The minimum absolute atomic E-state index is 0.336. The molecule has 0 aliphatic heterocycles. The first kappa shape index (κ1) is 12.4. The highest BCUT2D eigenvalue weighted by molar-refractivity contribution is 5.29. The van der Waals surface area contributed by atoms with Crippen molar-refractivity contribution in [2.24, 2.45) is 5.73 Å². The van der Waals surface area contributed by atoms with Crippen LogP contribution in [0.4, 0.5) is 0 Å². The van der Waals surface area contributed by atoms with E-state index < -0.39 is 0 Å². The van der Waals surface area contributed by atoms with E-state index in [0.717, 1.165) is 17.1 Å².